The van der Waals surface area contributed by atoms with Crippen molar-refractivity contribution in [3.8, 4) is 6.07 Å². The predicted octanol–water partition coefficient (Wildman–Crippen LogP) is 12.6. The summed E-state index contributed by atoms with van der Waals surface area (Å²) in [5, 5.41) is 12.4. The number of amides is 1. The number of carbonyl (C=O) groups excluding carboxylic acids is 1. The van der Waals surface area contributed by atoms with E-state index in [4.69, 9.17) is 23.1 Å². The SMILES string of the molecule is CC(C)N(C(C)C)P(OCCC#N)OC(CCCCCNC(=O)c1ccc(B2OC(c3ccccc3)(c3ccccc3)C(c3ccccc3)(c3ccccc3)O2)cc1)CCOC(C)(C)c1ccccc1. The summed E-state index contributed by atoms with van der Waals surface area (Å²) in [7, 11) is -2.19. The molecule has 1 aliphatic rings. The lowest BCUT2D eigenvalue weighted by atomic mass is 9.66. The maximum absolute atomic E-state index is 13.6. The monoisotopic (exact) mass is 958 g/mol. The average Bonchev–Trinajstić information content (AvgIpc) is 3.76. The van der Waals surface area contributed by atoms with E-state index in [0.717, 1.165) is 59.0 Å². The van der Waals surface area contributed by atoms with Crippen molar-refractivity contribution in [2.24, 2.45) is 0 Å². The fourth-order valence-corrected chi connectivity index (χ4v) is 11.3. The van der Waals surface area contributed by atoms with Gasteiger partial charge in [-0.25, -0.2) is 4.67 Å². The van der Waals surface area contributed by atoms with E-state index in [1.165, 1.54) is 0 Å². The van der Waals surface area contributed by atoms with E-state index in [-0.39, 0.29) is 24.1 Å². The standard InChI is InChI=1S/C59H69BN3O6P/c1-46(2)63(47(3)4)70(66-44-25-42-61)67-55(41-45-65-57(5,6)49-26-13-7-14-27-49)36-23-12-24-43-62-56(64)48-37-39-54(40-38-48)60-68-58(50-28-15-8-16-29-50,51-30-17-9-18-31-51)59(69-60,52-32-19-10-20-33-52)53-34-21-11-22-35-53/h7-11,13-22,26-35,37-40,46-47,55H,12,23-25,36,41,43-45H2,1-6H3,(H,62,64). The van der Waals surface area contributed by atoms with Crippen molar-refractivity contribution >= 4 is 27.0 Å². The van der Waals surface area contributed by atoms with E-state index in [0.29, 0.717) is 38.2 Å². The van der Waals surface area contributed by atoms with Gasteiger partial charge in [-0.1, -0.05) is 177 Å². The molecule has 0 spiro atoms. The summed E-state index contributed by atoms with van der Waals surface area (Å²) < 4.78 is 36.8. The van der Waals surface area contributed by atoms with Gasteiger partial charge in [-0.05, 0) is 106 Å². The number of nitriles is 1. The van der Waals surface area contributed by atoms with Crippen LogP contribution in [0.5, 0.6) is 0 Å². The van der Waals surface area contributed by atoms with E-state index in [9.17, 15) is 10.1 Å². The van der Waals surface area contributed by atoms with Crippen molar-refractivity contribution in [3.05, 3.63) is 209 Å². The third kappa shape index (κ3) is 12.3. The van der Waals surface area contributed by atoms with Crippen LogP contribution in [0.4, 0.5) is 0 Å². The molecular formula is C59H69BN3O6P. The smallest absolute Gasteiger partial charge is 0.390 e. The molecule has 0 saturated carbocycles. The second-order valence-electron chi connectivity index (χ2n) is 18.9. The molecule has 1 heterocycles. The Kier molecular flexibility index (Phi) is 18.8. The van der Waals surface area contributed by atoms with Crippen molar-refractivity contribution in [2.45, 2.75) is 115 Å². The number of nitrogens with one attached hydrogen (secondary N) is 1. The molecule has 11 heteroatoms. The van der Waals surface area contributed by atoms with Crippen LogP contribution in [-0.2, 0) is 39.9 Å². The van der Waals surface area contributed by atoms with Crippen LogP contribution in [0.1, 0.15) is 118 Å². The molecule has 364 valence electrons. The van der Waals surface area contributed by atoms with E-state index >= 15 is 0 Å². The number of hydrogen-bond acceptors (Lipinski definition) is 8. The molecule has 9 nitrogen and oxygen atoms in total. The minimum Gasteiger partial charge on any atom is -0.390 e. The molecule has 6 aromatic rings. The van der Waals surface area contributed by atoms with Crippen molar-refractivity contribution < 1.29 is 27.9 Å². The van der Waals surface area contributed by atoms with Crippen LogP contribution in [0, 0.1) is 11.3 Å². The molecule has 6 aromatic carbocycles. The first-order chi connectivity index (χ1) is 34.0. The fourth-order valence-electron chi connectivity index (χ4n) is 9.57. The maximum atomic E-state index is 13.6. The number of ether oxygens (including phenoxy) is 1. The Morgan fingerprint density at radius 2 is 1.13 bits per heavy atom. The molecule has 2 atom stereocenters. The molecule has 1 amide bonds. The molecule has 0 radical (unpaired) electrons. The number of unbranched alkanes of at least 4 members (excludes halogenated alkanes) is 2. The summed E-state index contributed by atoms with van der Waals surface area (Å²) in [5.41, 5.74) is 3.67. The van der Waals surface area contributed by atoms with Crippen LogP contribution in [0.2, 0.25) is 0 Å². The zero-order valence-electron chi connectivity index (χ0n) is 41.7. The number of nitrogens with zero attached hydrogens (tertiary/aromatic N) is 2. The molecule has 1 aliphatic heterocycles. The fraction of sp³-hybridized carbons (Fsp3) is 0.356. The van der Waals surface area contributed by atoms with Gasteiger partial charge < -0.3 is 28.4 Å². The summed E-state index contributed by atoms with van der Waals surface area (Å²) >= 11 is 0. The molecule has 0 aliphatic carbocycles. The lowest BCUT2D eigenvalue weighted by Gasteiger charge is -2.46. The Balaban J connectivity index is 1.02. The highest BCUT2D eigenvalue weighted by Gasteiger charge is 2.66. The predicted molar refractivity (Wildman–Crippen MR) is 282 cm³/mol. The first kappa shape index (κ1) is 52.4. The Bertz CT molecular complexity index is 2350. The number of rotatable bonds is 25. The molecule has 0 bridgehead atoms. The van der Waals surface area contributed by atoms with Gasteiger partial charge in [0, 0.05) is 24.2 Å². The van der Waals surface area contributed by atoms with Gasteiger partial charge in [-0.2, -0.15) is 5.26 Å². The van der Waals surface area contributed by atoms with Crippen molar-refractivity contribution in [2.75, 3.05) is 19.8 Å². The molecule has 1 saturated heterocycles. The second kappa shape index (κ2) is 25.1. The quantitative estimate of drug-likeness (QED) is 0.0344. The lowest BCUT2D eigenvalue weighted by Crippen LogP contribution is -2.48. The topological polar surface area (TPSA) is 102 Å². The highest BCUT2D eigenvalue weighted by molar-refractivity contribution is 7.44. The zero-order valence-corrected chi connectivity index (χ0v) is 42.6. The van der Waals surface area contributed by atoms with Gasteiger partial charge in [0.25, 0.3) is 14.4 Å². The molecule has 1 fully saturated rings. The molecule has 0 aromatic heterocycles. The first-order valence-corrected chi connectivity index (χ1v) is 26.0. The van der Waals surface area contributed by atoms with E-state index in [2.05, 4.69) is 118 Å². The number of hydrogen-bond donors (Lipinski definition) is 1. The maximum Gasteiger partial charge on any atom is 0.495 e. The minimum absolute atomic E-state index is 0.114. The highest BCUT2D eigenvalue weighted by atomic mass is 31.2. The summed E-state index contributed by atoms with van der Waals surface area (Å²) in [6.45, 7) is 14.2. The van der Waals surface area contributed by atoms with Crippen LogP contribution in [-0.4, -0.2) is 55.6 Å². The average molecular weight is 958 g/mol. The normalized spacial score (nSPS) is 15.2. The van der Waals surface area contributed by atoms with Crippen LogP contribution < -0.4 is 10.8 Å². The Morgan fingerprint density at radius 1 is 0.657 bits per heavy atom. The number of carbonyl (C=O) groups is 1. The third-order valence-corrected chi connectivity index (χ3v) is 15.2. The van der Waals surface area contributed by atoms with Crippen molar-refractivity contribution in [3.63, 3.8) is 0 Å². The van der Waals surface area contributed by atoms with E-state index in [1.54, 1.807) is 0 Å². The van der Waals surface area contributed by atoms with Gasteiger partial charge in [0.1, 0.15) is 11.2 Å². The summed E-state index contributed by atoms with van der Waals surface area (Å²) in [6, 6.07) is 61.8. The summed E-state index contributed by atoms with van der Waals surface area (Å²) in [5.74, 6) is -0.132. The molecular weight excluding hydrogens is 888 g/mol. The van der Waals surface area contributed by atoms with Gasteiger partial charge >= 0.3 is 7.12 Å². The molecule has 1 N–H and O–H groups in total. The Labute approximate surface area is 418 Å². The van der Waals surface area contributed by atoms with Crippen LogP contribution >= 0.6 is 8.53 Å². The van der Waals surface area contributed by atoms with Gasteiger partial charge in [0.05, 0.1) is 37.4 Å². The first-order valence-electron chi connectivity index (χ1n) is 24.9. The number of benzene rings is 6. The van der Waals surface area contributed by atoms with E-state index in [1.807, 2.05) is 115 Å². The third-order valence-electron chi connectivity index (χ3n) is 13.0. The van der Waals surface area contributed by atoms with Crippen molar-refractivity contribution in [1.82, 2.24) is 9.99 Å². The molecule has 70 heavy (non-hydrogen) atoms. The zero-order chi connectivity index (χ0) is 49.4. The van der Waals surface area contributed by atoms with Gasteiger partial charge in [-0.3, -0.25) is 4.79 Å². The highest BCUT2D eigenvalue weighted by Crippen LogP contribution is 2.58. The van der Waals surface area contributed by atoms with Gasteiger partial charge in [0.2, 0.25) is 0 Å². The van der Waals surface area contributed by atoms with Crippen molar-refractivity contribution in [1.29, 1.82) is 5.26 Å². The second-order valence-corrected chi connectivity index (χ2v) is 20.3. The molecule has 7 rings (SSSR count). The minimum atomic E-state index is -1.41. The van der Waals surface area contributed by atoms with Gasteiger partial charge in [-0.15, -0.1) is 0 Å². The van der Waals surface area contributed by atoms with Crippen LogP contribution in [0.25, 0.3) is 0 Å². The molecule has 2 unspecified atom stereocenters. The Hall–Kier alpha value is -5.47. The largest absolute Gasteiger partial charge is 0.495 e. The van der Waals surface area contributed by atoms with Crippen LogP contribution in [0.15, 0.2) is 176 Å². The summed E-state index contributed by atoms with van der Waals surface area (Å²) in [4.78, 5) is 13.6. The summed E-state index contributed by atoms with van der Waals surface area (Å²) in [6.07, 6.45) is 4.33. The Morgan fingerprint density at radius 3 is 1.59 bits per heavy atom. The van der Waals surface area contributed by atoms with E-state index < -0.39 is 32.4 Å². The lowest BCUT2D eigenvalue weighted by molar-refractivity contribution is -0.0347. The van der Waals surface area contributed by atoms with Crippen LogP contribution in [0.3, 0.4) is 0 Å². The van der Waals surface area contributed by atoms with Gasteiger partial charge in [0.15, 0.2) is 0 Å².